The van der Waals surface area contributed by atoms with Crippen LogP contribution in [0.15, 0.2) is 12.2 Å². The highest BCUT2D eigenvalue weighted by molar-refractivity contribution is 7.80. The fraction of sp³-hybridized carbons (Fsp3) is 0.700. The average Bonchev–Trinajstić information content (AvgIpc) is 2.01. The summed E-state index contributed by atoms with van der Waals surface area (Å²) in [6.45, 7) is 4.42. The van der Waals surface area contributed by atoms with Crippen molar-refractivity contribution in [2.75, 3.05) is 20.1 Å². The van der Waals surface area contributed by atoms with Crippen molar-refractivity contribution in [1.29, 1.82) is 0 Å². The lowest BCUT2D eigenvalue weighted by molar-refractivity contribution is 0.237. The van der Waals surface area contributed by atoms with Gasteiger partial charge in [0.15, 0.2) is 0 Å². The van der Waals surface area contributed by atoms with E-state index >= 15 is 0 Å². The van der Waals surface area contributed by atoms with Gasteiger partial charge in [-0.05, 0) is 39.3 Å². The van der Waals surface area contributed by atoms with Crippen LogP contribution in [0.3, 0.4) is 0 Å². The molecule has 0 aromatic carbocycles. The van der Waals surface area contributed by atoms with Gasteiger partial charge in [-0.3, -0.25) is 0 Å². The molecule has 68 valence electrons. The quantitative estimate of drug-likeness (QED) is 0.477. The summed E-state index contributed by atoms with van der Waals surface area (Å²) in [5, 5.41) is 0. The second-order valence-corrected chi connectivity index (χ2v) is 4.28. The lowest BCUT2D eigenvalue weighted by atomic mass is 9.98. The van der Waals surface area contributed by atoms with Gasteiger partial charge < -0.3 is 4.90 Å². The van der Waals surface area contributed by atoms with E-state index in [-0.39, 0.29) is 0 Å². The molecule has 2 heteroatoms. The fourth-order valence-electron chi connectivity index (χ4n) is 1.63. The number of thiocarbonyl (C=S) groups is 1. The first kappa shape index (κ1) is 9.87. The lowest BCUT2D eigenvalue weighted by Crippen LogP contribution is -2.31. The van der Waals surface area contributed by atoms with Gasteiger partial charge in [-0.1, -0.05) is 24.4 Å². The first-order chi connectivity index (χ1) is 5.68. The summed E-state index contributed by atoms with van der Waals surface area (Å²) in [5.74, 6) is 0.724. The Balaban J connectivity index is 2.36. The van der Waals surface area contributed by atoms with Crippen LogP contribution in [0.4, 0.5) is 0 Å². The molecule has 1 unspecified atom stereocenters. The fourth-order valence-corrected chi connectivity index (χ4v) is 1.71. The molecule has 0 spiro atoms. The summed E-state index contributed by atoms with van der Waals surface area (Å²) in [4.78, 5) is 3.38. The summed E-state index contributed by atoms with van der Waals surface area (Å²) in [6, 6.07) is 0. The number of hydrogen-bond acceptors (Lipinski definition) is 2. The zero-order valence-electron chi connectivity index (χ0n) is 7.92. The average molecular weight is 183 g/mol. The molecular weight excluding hydrogens is 166 g/mol. The van der Waals surface area contributed by atoms with E-state index < -0.39 is 0 Å². The predicted octanol–water partition coefficient (Wildman–Crippen LogP) is 2.27. The van der Waals surface area contributed by atoms with Crippen molar-refractivity contribution < 1.29 is 0 Å². The Hall–Kier alpha value is -0.210. The zero-order chi connectivity index (χ0) is 8.97. The van der Waals surface area contributed by atoms with Gasteiger partial charge in [0.1, 0.15) is 0 Å². The van der Waals surface area contributed by atoms with Gasteiger partial charge in [-0.2, -0.15) is 0 Å². The van der Waals surface area contributed by atoms with Gasteiger partial charge in [0, 0.05) is 11.4 Å². The van der Waals surface area contributed by atoms with E-state index in [0.717, 1.165) is 10.8 Å². The van der Waals surface area contributed by atoms with Gasteiger partial charge in [0.05, 0.1) is 0 Å². The molecule has 1 nitrogen and oxygen atoms in total. The lowest BCUT2D eigenvalue weighted by Gasteiger charge is -2.27. The van der Waals surface area contributed by atoms with Crippen molar-refractivity contribution >= 4 is 17.1 Å². The van der Waals surface area contributed by atoms with Crippen molar-refractivity contribution in [3.63, 3.8) is 0 Å². The number of hydrogen-bond donors (Lipinski definition) is 0. The number of allylic oxidation sites excluding steroid dienone is 1. The molecule has 1 aliphatic rings. The van der Waals surface area contributed by atoms with E-state index in [2.05, 4.69) is 24.1 Å². The van der Waals surface area contributed by atoms with E-state index in [9.17, 15) is 0 Å². The van der Waals surface area contributed by atoms with Crippen LogP contribution in [0.2, 0.25) is 0 Å². The minimum absolute atomic E-state index is 0.724. The van der Waals surface area contributed by atoms with Crippen LogP contribution < -0.4 is 0 Å². The molecule has 0 aromatic heterocycles. The molecule has 0 bridgehead atoms. The molecule has 0 aromatic rings. The van der Waals surface area contributed by atoms with Crippen LogP contribution in [-0.2, 0) is 0 Å². The Morgan fingerprint density at radius 1 is 1.58 bits per heavy atom. The van der Waals surface area contributed by atoms with E-state index in [0.29, 0.717) is 0 Å². The molecule has 1 saturated heterocycles. The molecule has 1 heterocycles. The Morgan fingerprint density at radius 2 is 2.33 bits per heavy atom. The molecule has 12 heavy (non-hydrogen) atoms. The first-order valence-corrected chi connectivity index (χ1v) is 4.96. The third kappa shape index (κ3) is 3.46. The Labute approximate surface area is 80.4 Å². The van der Waals surface area contributed by atoms with Crippen molar-refractivity contribution in [3.05, 3.63) is 12.2 Å². The van der Waals surface area contributed by atoms with Crippen LogP contribution >= 0.6 is 12.2 Å². The van der Waals surface area contributed by atoms with Crippen LogP contribution in [0, 0.1) is 5.92 Å². The number of rotatable bonds is 2. The highest BCUT2D eigenvalue weighted by atomic mass is 32.1. The molecule has 0 N–H and O–H groups in total. The van der Waals surface area contributed by atoms with E-state index in [1.165, 1.54) is 25.9 Å². The molecule has 0 saturated carbocycles. The predicted molar refractivity (Wildman–Crippen MR) is 57.6 cm³/mol. The van der Waals surface area contributed by atoms with Crippen molar-refractivity contribution in [1.82, 2.24) is 4.90 Å². The Bertz CT molecular complexity index is 186. The van der Waals surface area contributed by atoms with Crippen LogP contribution in [0.1, 0.15) is 19.8 Å². The summed E-state index contributed by atoms with van der Waals surface area (Å²) in [7, 11) is 2.18. The summed E-state index contributed by atoms with van der Waals surface area (Å²) in [5.41, 5.74) is 0. The highest BCUT2D eigenvalue weighted by Gasteiger charge is 2.13. The van der Waals surface area contributed by atoms with Gasteiger partial charge in [-0.25, -0.2) is 0 Å². The minimum atomic E-state index is 0.724. The third-order valence-corrected chi connectivity index (χ3v) is 2.40. The standard InChI is InChI=1S/C10H17NS/c1-9(12)5-6-10-4-3-7-11(2)8-10/h5-6,10H,3-4,7-8H2,1-2H3/b6-5+. The van der Waals surface area contributed by atoms with Crippen molar-refractivity contribution in [2.45, 2.75) is 19.8 Å². The number of nitrogens with zero attached hydrogens (tertiary/aromatic N) is 1. The van der Waals surface area contributed by atoms with Crippen LogP contribution in [0.5, 0.6) is 0 Å². The first-order valence-electron chi connectivity index (χ1n) is 4.56. The largest absolute Gasteiger partial charge is 0.306 e. The van der Waals surface area contributed by atoms with Crippen LogP contribution in [0.25, 0.3) is 0 Å². The molecule has 0 aliphatic carbocycles. The van der Waals surface area contributed by atoms with Crippen molar-refractivity contribution in [2.24, 2.45) is 5.92 Å². The van der Waals surface area contributed by atoms with Gasteiger partial charge >= 0.3 is 0 Å². The van der Waals surface area contributed by atoms with E-state index in [4.69, 9.17) is 12.2 Å². The molecule has 0 radical (unpaired) electrons. The topological polar surface area (TPSA) is 3.24 Å². The van der Waals surface area contributed by atoms with Gasteiger partial charge in [0.25, 0.3) is 0 Å². The third-order valence-electron chi connectivity index (χ3n) is 2.26. The van der Waals surface area contributed by atoms with Gasteiger partial charge in [-0.15, -0.1) is 0 Å². The zero-order valence-corrected chi connectivity index (χ0v) is 8.73. The summed E-state index contributed by atoms with van der Waals surface area (Å²) < 4.78 is 0. The SMILES string of the molecule is CC(=S)/C=C/C1CCCN(C)C1. The summed E-state index contributed by atoms with van der Waals surface area (Å²) >= 11 is 4.99. The van der Waals surface area contributed by atoms with E-state index in [1.54, 1.807) is 0 Å². The summed E-state index contributed by atoms with van der Waals surface area (Å²) in [6.07, 6.45) is 6.97. The molecular formula is C10H17NS. The molecule has 1 atom stereocenters. The monoisotopic (exact) mass is 183 g/mol. The van der Waals surface area contributed by atoms with Crippen molar-refractivity contribution in [3.8, 4) is 0 Å². The van der Waals surface area contributed by atoms with E-state index in [1.807, 2.05) is 6.92 Å². The molecule has 1 fully saturated rings. The maximum absolute atomic E-state index is 4.99. The molecule has 0 amide bonds. The molecule has 1 aliphatic heterocycles. The highest BCUT2D eigenvalue weighted by Crippen LogP contribution is 2.15. The number of likely N-dealkylation sites (tertiary alicyclic amines) is 1. The smallest absolute Gasteiger partial charge is 0.0118 e. The molecule has 1 rings (SSSR count). The Morgan fingerprint density at radius 3 is 2.92 bits per heavy atom. The number of piperidine rings is 1. The van der Waals surface area contributed by atoms with Gasteiger partial charge in [0.2, 0.25) is 0 Å². The van der Waals surface area contributed by atoms with Crippen LogP contribution in [-0.4, -0.2) is 29.9 Å². The maximum atomic E-state index is 4.99. The second kappa shape index (κ2) is 4.73. The maximum Gasteiger partial charge on any atom is 0.0118 e. The Kier molecular flexibility index (Phi) is 3.89. The normalized spacial score (nSPS) is 26.3. The minimum Gasteiger partial charge on any atom is -0.306 e. The second-order valence-electron chi connectivity index (χ2n) is 3.63.